The van der Waals surface area contributed by atoms with Gasteiger partial charge in [-0.05, 0) is 42.9 Å². The summed E-state index contributed by atoms with van der Waals surface area (Å²) in [5.74, 6) is -3.32. The molecule has 1 aliphatic heterocycles. The van der Waals surface area contributed by atoms with Gasteiger partial charge in [-0.25, -0.2) is 13.2 Å². The van der Waals surface area contributed by atoms with E-state index in [9.17, 15) is 13.2 Å². The normalized spacial score (nSPS) is 24.8. The number of ether oxygens (including phenoxy) is 1. The van der Waals surface area contributed by atoms with Crippen molar-refractivity contribution in [2.24, 2.45) is 0 Å². The van der Waals surface area contributed by atoms with Gasteiger partial charge >= 0.3 is 0 Å². The van der Waals surface area contributed by atoms with Crippen LogP contribution in [0.1, 0.15) is 43.6 Å². The van der Waals surface area contributed by atoms with Crippen LogP contribution >= 0.6 is 0 Å². The van der Waals surface area contributed by atoms with Gasteiger partial charge in [0.1, 0.15) is 0 Å². The highest BCUT2D eigenvalue weighted by molar-refractivity contribution is 6.78. The summed E-state index contributed by atoms with van der Waals surface area (Å²) in [4.78, 5) is 0. The van der Waals surface area contributed by atoms with Crippen LogP contribution in [0.15, 0.2) is 12.1 Å². The summed E-state index contributed by atoms with van der Waals surface area (Å²) >= 11 is 0. The van der Waals surface area contributed by atoms with Crippen LogP contribution in [0.5, 0.6) is 0 Å². The maximum atomic E-state index is 13.4. The van der Waals surface area contributed by atoms with Gasteiger partial charge in [-0.2, -0.15) is 0 Å². The van der Waals surface area contributed by atoms with Gasteiger partial charge in [0.05, 0.1) is 8.07 Å². The maximum absolute atomic E-state index is 13.4. The number of methoxy groups -OCH3 is 1. The molecule has 1 aromatic rings. The smallest absolute Gasteiger partial charge is 0.194 e. The number of halogens is 3. The Bertz CT molecular complexity index is 490. The van der Waals surface area contributed by atoms with Gasteiger partial charge in [0.15, 0.2) is 17.5 Å². The quantitative estimate of drug-likeness (QED) is 0.341. The largest absolute Gasteiger partial charge is 0.385 e. The van der Waals surface area contributed by atoms with E-state index < -0.39 is 25.5 Å². The molecule has 23 heavy (non-hydrogen) atoms. The zero-order valence-corrected chi connectivity index (χ0v) is 15.1. The SMILES string of the molecule is COCCCCC[Si]1(C)CCC(c2cc(F)c(F)c(F)c2)CC1. The Kier molecular flexibility index (Phi) is 6.71. The monoisotopic (exact) mass is 344 g/mol. The number of rotatable bonds is 7. The molecule has 1 heterocycles. The van der Waals surface area contributed by atoms with E-state index in [2.05, 4.69) is 6.55 Å². The van der Waals surface area contributed by atoms with Gasteiger partial charge < -0.3 is 4.74 Å². The standard InChI is InChI=1S/C18H27F3OSi/c1-22-8-4-3-5-9-23(2)10-6-14(7-11-23)15-12-16(19)18(21)17(20)13-15/h12-14H,3-11H2,1-2H3. The van der Waals surface area contributed by atoms with Gasteiger partial charge in [-0.15, -0.1) is 0 Å². The van der Waals surface area contributed by atoms with E-state index in [0.717, 1.165) is 25.9 Å². The number of hydrogen-bond acceptors (Lipinski definition) is 1. The Morgan fingerprint density at radius 3 is 2.22 bits per heavy atom. The Morgan fingerprint density at radius 1 is 1.04 bits per heavy atom. The van der Waals surface area contributed by atoms with E-state index in [1.165, 1.54) is 43.1 Å². The summed E-state index contributed by atoms with van der Waals surface area (Å²) in [6.45, 7) is 3.29. The summed E-state index contributed by atoms with van der Waals surface area (Å²) in [5.41, 5.74) is 0.623. The van der Waals surface area contributed by atoms with Gasteiger partial charge in [0.2, 0.25) is 0 Å². The molecular formula is C18H27F3OSi. The van der Waals surface area contributed by atoms with Gasteiger partial charge in [0, 0.05) is 13.7 Å². The van der Waals surface area contributed by atoms with Crippen molar-refractivity contribution in [3.63, 3.8) is 0 Å². The van der Waals surface area contributed by atoms with Crippen molar-refractivity contribution < 1.29 is 17.9 Å². The Hall–Kier alpha value is -0.813. The average molecular weight is 344 g/mol. The van der Waals surface area contributed by atoms with E-state index in [0.29, 0.717) is 5.56 Å². The van der Waals surface area contributed by atoms with Crippen LogP contribution in [-0.2, 0) is 4.74 Å². The molecule has 0 saturated carbocycles. The minimum Gasteiger partial charge on any atom is -0.385 e. The topological polar surface area (TPSA) is 9.23 Å². The highest BCUT2D eigenvalue weighted by Gasteiger charge is 2.33. The minimum atomic E-state index is -1.36. The van der Waals surface area contributed by atoms with E-state index in [1.807, 2.05) is 0 Å². The van der Waals surface area contributed by atoms with Gasteiger partial charge in [-0.1, -0.05) is 37.5 Å². The molecule has 0 aliphatic carbocycles. The highest BCUT2D eigenvalue weighted by Crippen LogP contribution is 2.41. The van der Waals surface area contributed by atoms with E-state index in [4.69, 9.17) is 4.74 Å². The van der Waals surface area contributed by atoms with Crippen LogP contribution in [-0.4, -0.2) is 21.8 Å². The molecule has 1 aromatic carbocycles. The first kappa shape index (κ1) is 18.5. The first-order valence-corrected chi connectivity index (χ1v) is 11.7. The van der Waals surface area contributed by atoms with Crippen molar-refractivity contribution in [2.75, 3.05) is 13.7 Å². The highest BCUT2D eigenvalue weighted by atomic mass is 28.3. The molecule has 1 aliphatic rings. The third-order valence-corrected chi connectivity index (χ3v) is 9.85. The molecule has 0 unspecified atom stereocenters. The van der Waals surface area contributed by atoms with E-state index in [-0.39, 0.29) is 5.92 Å². The summed E-state index contributed by atoms with van der Waals surface area (Å²) < 4.78 is 44.9. The molecule has 2 rings (SSSR count). The second-order valence-electron chi connectivity index (χ2n) is 7.19. The van der Waals surface area contributed by atoms with Crippen LogP contribution in [0.3, 0.4) is 0 Å². The molecule has 0 amide bonds. The van der Waals surface area contributed by atoms with Crippen molar-refractivity contribution in [2.45, 2.75) is 62.7 Å². The molecule has 1 saturated heterocycles. The molecule has 0 N–H and O–H groups in total. The fourth-order valence-corrected chi connectivity index (χ4v) is 7.63. The first-order chi connectivity index (χ1) is 10.9. The lowest BCUT2D eigenvalue weighted by Crippen LogP contribution is -2.34. The van der Waals surface area contributed by atoms with Crippen molar-refractivity contribution in [1.82, 2.24) is 0 Å². The molecule has 0 bridgehead atoms. The third-order valence-electron chi connectivity index (χ3n) is 5.30. The summed E-state index contributed by atoms with van der Waals surface area (Å²) in [7, 11) is 0.523. The predicted molar refractivity (Wildman–Crippen MR) is 90.1 cm³/mol. The molecule has 0 atom stereocenters. The average Bonchev–Trinajstić information content (AvgIpc) is 2.52. The number of unbranched alkanes of at least 4 members (excludes halogenated alkanes) is 2. The van der Waals surface area contributed by atoms with Crippen molar-refractivity contribution >= 4 is 8.07 Å². The lowest BCUT2D eigenvalue weighted by molar-refractivity contribution is 0.192. The van der Waals surface area contributed by atoms with Crippen LogP contribution < -0.4 is 0 Å². The summed E-state index contributed by atoms with van der Waals surface area (Å²) in [5, 5.41) is 0. The minimum absolute atomic E-state index is 0.175. The maximum Gasteiger partial charge on any atom is 0.194 e. The van der Waals surface area contributed by atoms with Crippen molar-refractivity contribution in [3.05, 3.63) is 35.1 Å². The second-order valence-corrected chi connectivity index (χ2v) is 12.3. The molecule has 0 aromatic heterocycles. The fraction of sp³-hybridized carbons (Fsp3) is 0.667. The summed E-state index contributed by atoms with van der Waals surface area (Å²) in [6, 6.07) is 6.08. The van der Waals surface area contributed by atoms with Crippen LogP contribution in [0, 0.1) is 17.5 Å². The van der Waals surface area contributed by atoms with E-state index >= 15 is 0 Å². The van der Waals surface area contributed by atoms with Crippen molar-refractivity contribution in [1.29, 1.82) is 0 Å². The first-order valence-electron chi connectivity index (χ1n) is 8.58. The molecule has 0 spiro atoms. The zero-order valence-electron chi connectivity index (χ0n) is 14.1. The Labute approximate surface area is 138 Å². The molecule has 1 nitrogen and oxygen atoms in total. The Balaban J connectivity index is 1.85. The lowest BCUT2D eigenvalue weighted by Gasteiger charge is -2.36. The fourth-order valence-electron chi connectivity index (χ4n) is 3.68. The second kappa shape index (κ2) is 8.33. The van der Waals surface area contributed by atoms with Crippen LogP contribution in [0.25, 0.3) is 0 Å². The molecule has 1 fully saturated rings. The van der Waals surface area contributed by atoms with Gasteiger partial charge in [-0.3, -0.25) is 0 Å². The van der Waals surface area contributed by atoms with Crippen LogP contribution in [0.2, 0.25) is 24.7 Å². The summed E-state index contributed by atoms with van der Waals surface area (Å²) in [6.07, 6.45) is 5.55. The van der Waals surface area contributed by atoms with E-state index in [1.54, 1.807) is 7.11 Å². The zero-order chi connectivity index (χ0) is 16.9. The Morgan fingerprint density at radius 2 is 1.65 bits per heavy atom. The molecule has 0 radical (unpaired) electrons. The number of benzene rings is 1. The molecular weight excluding hydrogens is 317 g/mol. The molecule has 5 heteroatoms. The lowest BCUT2D eigenvalue weighted by atomic mass is 9.93. The van der Waals surface area contributed by atoms with Gasteiger partial charge in [0.25, 0.3) is 0 Å². The molecule has 130 valence electrons. The van der Waals surface area contributed by atoms with Crippen LogP contribution in [0.4, 0.5) is 13.2 Å². The van der Waals surface area contributed by atoms with Crippen molar-refractivity contribution in [3.8, 4) is 0 Å². The number of hydrogen-bond donors (Lipinski definition) is 0. The third kappa shape index (κ3) is 5.08. The predicted octanol–water partition coefficient (Wildman–Crippen LogP) is 5.88.